The summed E-state index contributed by atoms with van der Waals surface area (Å²) in [5, 5.41) is 6.00. The average Bonchev–Trinajstić information content (AvgIpc) is 2.28. The molecule has 0 bridgehead atoms. The van der Waals surface area contributed by atoms with Crippen molar-refractivity contribution in [3.8, 4) is 0 Å². The first-order valence-corrected chi connectivity index (χ1v) is 4.53. The fourth-order valence-electron chi connectivity index (χ4n) is 1.45. The molecule has 1 atom stereocenters. The van der Waals surface area contributed by atoms with Crippen molar-refractivity contribution in [2.24, 2.45) is 0 Å². The number of rotatable bonds is 3. The summed E-state index contributed by atoms with van der Waals surface area (Å²) in [6.07, 6.45) is 6.26. The Bertz CT molecular complexity index is 284. The van der Waals surface area contributed by atoms with Gasteiger partial charge in [-0.05, 0) is 13.1 Å². The molecule has 0 spiro atoms. The average molecular weight is 196 g/mol. The topological polar surface area (TPSA) is 50.4 Å². The molecule has 1 rings (SSSR count). The minimum Gasteiger partial charge on any atom is -0.467 e. The number of carbonyl (C=O) groups is 1. The molecule has 0 saturated heterocycles. The molecule has 0 aromatic heterocycles. The van der Waals surface area contributed by atoms with Crippen molar-refractivity contribution >= 4 is 5.97 Å². The summed E-state index contributed by atoms with van der Waals surface area (Å²) in [5.74, 6) is -0.261. The molecule has 0 aliphatic heterocycles. The zero-order valence-corrected chi connectivity index (χ0v) is 8.76. The van der Waals surface area contributed by atoms with Crippen LogP contribution in [0.3, 0.4) is 0 Å². The Hall–Kier alpha value is -1.29. The number of esters is 1. The van der Waals surface area contributed by atoms with Crippen LogP contribution in [0, 0.1) is 0 Å². The van der Waals surface area contributed by atoms with Crippen molar-refractivity contribution in [2.45, 2.75) is 12.0 Å². The Morgan fingerprint density at radius 3 is 2.64 bits per heavy atom. The Labute approximate surface area is 84.0 Å². The van der Waals surface area contributed by atoms with Crippen molar-refractivity contribution in [1.82, 2.24) is 10.6 Å². The molecule has 14 heavy (non-hydrogen) atoms. The van der Waals surface area contributed by atoms with Crippen molar-refractivity contribution in [3.63, 3.8) is 0 Å². The maximum atomic E-state index is 11.5. The smallest absolute Gasteiger partial charge is 0.330 e. The zero-order chi connectivity index (χ0) is 10.6. The van der Waals surface area contributed by atoms with E-state index in [1.54, 1.807) is 7.05 Å². The van der Waals surface area contributed by atoms with Gasteiger partial charge in [-0.3, -0.25) is 0 Å². The fraction of sp³-hybridized carbons (Fsp3) is 0.500. The van der Waals surface area contributed by atoms with Gasteiger partial charge in [0.1, 0.15) is 5.54 Å². The molecule has 0 fully saturated rings. The molecular weight excluding hydrogens is 180 g/mol. The minimum absolute atomic E-state index is 0.261. The lowest BCUT2D eigenvalue weighted by atomic mass is 9.90. The van der Waals surface area contributed by atoms with E-state index in [1.807, 2.05) is 25.3 Å². The lowest BCUT2D eigenvalue weighted by Crippen LogP contribution is -2.50. The summed E-state index contributed by atoms with van der Waals surface area (Å²) >= 11 is 0. The highest BCUT2D eigenvalue weighted by atomic mass is 16.5. The van der Waals surface area contributed by atoms with E-state index in [9.17, 15) is 4.79 Å². The standard InChI is InChI=1S/C10H16N2O2/c1-11-8-4-6-10(12-2,7-5-8)9(13)14-3/h4-6,11-12H,7H2,1-3H3. The number of methoxy groups -OCH3 is 1. The van der Waals surface area contributed by atoms with Gasteiger partial charge in [-0.1, -0.05) is 12.2 Å². The summed E-state index contributed by atoms with van der Waals surface area (Å²) in [7, 11) is 4.99. The first kappa shape index (κ1) is 10.8. The van der Waals surface area contributed by atoms with Crippen molar-refractivity contribution in [1.29, 1.82) is 0 Å². The van der Waals surface area contributed by atoms with Gasteiger partial charge in [0.15, 0.2) is 0 Å². The van der Waals surface area contributed by atoms with Gasteiger partial charge in [0.2, 0.25) is 0 Å². The third-order valence-corrected chi connectivity index (χ3v) is 2.48. The minimum atomic E-state index is -0.699. The third-order valence-electron chi connectivity index (χ3n) is 2.48. The van der Waals surface area contributed by atoms with Crippen LogP contribution in [0.15, 0.2) is 23.9 Å². The third kappa shape index (κ3) is 1.80. The summed E-state index contributed by atoms with van der Waals surface area (Å²) in [5.41, 5.74) is 0.314. The van der Waals surface area contributed by atoms with Gasteiger partial charge >= 0.3 is 5.97 Å². The van der Waals surface area contributed by atoms with Crippen LogP contribution in [0.2, 0.25) is 0 Å². The maximum absolute atomic E-state index is 11.5. The number of nitrogens with one attached hydrogen (secondary N) is 2. The lowest BCUT2D eigenvalue weighted by molar-refractivity contribution is -0.146. The van der Waals surface area contributed by atoms with Crippen LogP contribution < -0.4 is 10.6 Å². The molecule has 4 heteroatoms. The Balaban J connectivity index is 2.83. The Morgan fingerprint density at radius 2 is 2.29 bits per heavy atom. The number of allylic oxidation sites excluding steroid dienone is 1. The highest BCUT2D eigenvalue weighted by Gasteiger charge is 2.35. The molecule has 1 aliphatic carbocycles. The van der Waals surface area contributed by atoms with Gasteiger partial charge in [-0.2, -0.15) is 0 Å². The van der Waals surface area contributed by atoms with Crippen molar-refractivity contribution in [2.75, 3.05) is 21.2 Å². The van der Waals surface area contributed by atoms with E-state index in [-0.39, 0.29) is 5.97 Å². The van der Waals surface area contributed by atoms with Crippen LogP contribution in [0.25, 0.3) is 0 Å². The molecule has 1 aliphatic rings. The van der Waals surface area contributed by atoms with E-state index in [4.69, 9.17) is 4.74 Å². The highest BCUT2D eigenvalue weighted by molar-refractivity contribution is 5.84. The van der Waals surface area contributed by atoms with E-state index in [0.717, 1.165) is 5.70 Å². The van der Waals surface area contributed by atoms with Crippen LogP contribution in [0.4, 0.5) is 0 Å². The number of likely N-dealkylation sites (N-methyl/N-ethyl adjacent to an activating group) is 2. The number of carbonyl (C=O) groups excluding carboxylic acids is 1. The predicted octanol–water partition coefficient (Wildman–Crippen LogP) is 0.181. The van der Waals surface area contributed by atoms with Crippen molar-refractivity contribution in [3.05, 3.63) is 23.9 Å². The Morgan fingerprint density at radius 1 is 1.57 bits per heavy atom. The van der Waals surface area contributed by atoms with E-state index in [1.165, 1.54) is 7.11 Å². The molecule has 78 valence electrons. The number of hydrogen-bond donors (Lipinski definition) is 2. The van der Waals surface area contributed by atoms with E-state index in [0.29, 0.717) is 6.42 Å². The van der Waals surface area contributed by atoms with Gasteiger partial charge in [-0.15, -0.1) is 0 Å². The maximum Gasteiger partial charge on any atom is 0.330 e. The molecule has 0 radical (unpaired) electrons. The van der Waals surface area contributed by atoms with Gasteiger partial charge in [-0.25, -0.2) is 4.79 Å². The predicted molar refractivity (Wildman–Crippen MR) is 54.7 cm³/mol. The molecule has 0 saturated carbocycles. The second-order valence-corrected chi connectivity index (χ2v) is 3.16. The quantitative estimate of drug-likeness (QED) is 0.632. The van der Waals surface area contributed by atoms with Crippen LogP contribution >= 0.6 is 0 Å². The van der Waals surface area contributed by atoms with Crippen LogP contribution in [-0.4, -0.2) is 32.7 Å². The molecule has 1 unspecified atom stereocenters. The summed E-state index contributed by atoms with van der Waals surface area (Å²) in [6, 6.07) is 0. The molecule has 0 aromatic carbocycles. The van der Waals surface area contributed by atoms with Crippen LogP contribution in [0.1, 0.15) is 6.42 Å². The summed E-state index contributed by atoms with van der Waals surface area (Å²) < 4.78 is 4.75. The zero-order valence-electron chi connectivity index (χ0n) is 8.76. The first-order chi connectivity index (χ1) is 6.68. The van der Waals surface area contributed by atoms with Crippen molar-refractivity contribution < 1.29 is 9.53 Å². The van der Waals surface area contributed by atoms with Crippen LogP contribution in [-0.2, 0) is 9.53 Å². The van der Waals surface area contributed by atoms with Gasteiger partial charge < -0.3 is 15.4 Å². The monoisotopic (exact) mass is 196 g/mol. The van der Waals surface area contributed by atoms with E-state index in [2.05, 4.69) is 10.6 Å². The number of hydrogen-bond acceptors (Lipinski definition) is 4. The van der Waals surface area contributed by atoms with Gasteiger partial charge in [0, 0.05) is 19.2 Å². The van der Waals surface area contributed by atoms with E-state index >= 15 is 0 Å². The lowest BCUT2D eigenvalue weighted by Gasteiger charge is -2.28. The fourth-order valence-corrected chi connectivity index (χ4v) is 1.45. The second kappa shape index (κ2) is 4.28. The molecule has 0 amide bonds. The van der Waals surface area contributed by atoms with Gasteiger partial charge in [0.05, 0.1) is 7.11 Å². The summed E-state index contributed by atoms with van der Waals surface area (Å²) in [6.45, 7) is 0. The van der Waals surface area contributed by atoms with Crippen LogP contribution in [0.5, 0.6) is 0 Å². The molecular formula is C10H16N2O2. The Kier molecular flexibility index (Phi) is 3.30. The second-order valence-electron chi connectivity index (χ2n) is 3.16. The SMILES string of the molecule is CNC1=CCC(NC)(C(=O)OC)C=C1. The molecule has 0 heterocycles. The number of ether oxygens (including phenoxy) is 1. The van der Waals surface area contributed by atoms with Gasteiger partial charge in [0.25, 0.3) is 0 Å². The summed E-state index contributed by atoms with van der Waals surface area (Å²) in [4.78, 5) is 11.5. The largest absolute Gasteiger partial charge is 0.467 e. The normalized spacial score (nSPS) is 25.5. The first-order valence-electron chi connectivity index (χ1n) is 4.53. The molecule has 0 aromatic rings. The molecule has 4 nitrogen and oxygen atoms in total. The molecule has 2 N–H and O–H groups in total. The highest BCUT2D eigenvalue weighted by Crippen LogP contribution is 2.20. The van der Waals surface area contributed by atoms with E-state index < -0.39 is 5.54 Å².